The Labute approximate surface area is 111 Å². The van der Waals surface area contributed by atoms with Crippen LogP contribution < -0.4 is 10.1 Å². The third-order valence-corrected chi connectivity index (χ3v) is 2.54. The van der Waals surface area contributed by atoms with Crippen molar-refractivity contribution >= 4 is 5.57 Å². The molecule has 1 rings (SSSR count). The summed E-state index contributed by atoms with van der Waals surface area (Å²) in [7, 11) is 0. The molecule has 0 fully saturated rings. The highest BCUT2D eigenvalue weighted by Crippen LogP contribution is 2.25. The minimum absolute atomic E-state index is 0.190. The van der Waals surface area contributed by atoms with Gasteiger partial charge in [-0.15, -0.1) is 13.2 Å². The Morgan fingerprint density at radius 2 is 2.11 bits per heavy atom. The van der Waals surface area contributed by atoms with Crippen molar-refractivity contribution in [2.45, 2.75) is 26.6 Å². The van der Waals surface area contributed by atoms with Gasteiger partial charge in [0, 0.05) is 0 Å². The van der Waals surface area contributed by atoms with E-state index in [-0.39, 0.29) is 5.75 Å². The summed E-state index contributed by atoms with van der Waals surface area (Å²) in [5.41, 5.74) is 1.67. The van der Waals surface area contributed by atoms with Crippen LogP contribution in [0.15, 0.2) is 30.3 Å². The highest BCUT2D eigenvalue weighted by Gasteiger charge is 2.31. The summed E-state index contributed by atoms with van der Waals surface area (Å²) in [6, 6.07) is 6.01. The van der Waals surface area contributed by atoms with Crippen LogP contribution in [-0.4, -0.2) is 19.5 Å². The summed E-state index contributed by atoms with van der Waals surface area (Å²) in [5.74, 6) is -0.190. The first-order valence-corrected chi connectivity index (χ1v) is 6.16. The van der Waals surface area contributed by atoms with Crippen molar-refractivity contribution in [3.05, 3.63) is 35.9 Å². The lowest BCUT2D eigenvalue weighted by molar-refractivity contribution is -0.274. The van der Waals surface area contributed by atoms with Gasteiger partial charge in [-0.05, 0) is 49.7 Å². The summed E-state index contributed by atoms with van der Waals surface area (Å²) in [6.45, 7) is 5.65. The van der Waals surface area contributed by atoms with E-state index in [2.05, 4.69) is 10.1 Å². The van der Waals surface area contributed by atoms with Gasteiger partial charge in [-0.3, -0.25) is 0 Å². The monoisotopic (exact) mass is 273 g/mol. The Hall–Kier alpha value is -1.49. The molecule has 0 spiro atoms. The Balaban J connectivity index is 2.70. The van der Waals surface area contributed by atoms with Gasteiger partial charge < -0.3 is 10.1 Å². The second-order valence-electron chi connectivity index (χ2n) is 4.10. The molecule has 0 aromatic heterocycles. The van der Waals surface area contributed by atoms with Crippen molar-refractivity contribution in [2.24, 2.45) is 0 Å². The van der Waals surface area contributed by atoms with Crippen LogP contribution in [0.3, 0.4) is 0 Å². The molecule has 1 aromatic carbocycles. The molecule has 0 aliphatic carbocycles. The fourth-order valence-corrected chi connectivity index (χ4v) is 1.62. The van der Waals surface area contributed by atoms with Crippen molar-refractivity contribution in [1.82, 2.24) is 5.32 Å². The van der Waals surface area contributed by atoms with Crippen LogP contribution in [-0.2, 0) is 0 Å². The molecule has 0 aliphatic heterocycles. The quantitative estimate of drug-likeness (QED) is 0.791. The third-order valence-electron chi connectivity index (χ3n) is 2.54. The molecule has 0 atom stereocenters. The van der Waals surface area contributed by atoms with E-state index in [1.807, 2.05) is 19.9 Å². The van der Waals surface area contributed by atoms with Gasteiger partial charge in [0.05, 0.1) is 0 Å². The van der Waals surface area contributed by atoms with Gasteiger partial charge in [-0.2, -0.15) is 0 Å². The Kier molecular flexibility index (Phi) is 5.89. The number of allylic oxidation sites excluding steroid dienone is 1. The van der Waals surface area contributed by atoms with Gasteiger partial charge >= 0.3 is 6.36 Å². The molecule has 0 amide bonds. The fraction of sp³-hybridized carbons (Fsp3) is 0.429. The number of alkyl halides is 3. The van der Waals surface area contributed by atoms with Crippen molar-refractivity contribution in [3.8, 4) is 5.75 Å². The van der Waals surface area contributed by atoms with Crippen LogP contribution in [0.1, 0.15) is 25.8 Å². The van der Waals surface area contributed by atoms with Gasteiger partial charge in [-0.25, -0.2) is 0 Å². The molecule has 0 heterocycles. The number of hydrogen-bond donors (Lipinski definition) is 1. The molecule has 5 heteroatoms. The van der Waals surface area contributed by atoms with Gasteiger partial charge in [0.15, 0.2) is 0 Å². The molecule has 0 saturated carbocycles. The number of hydrogen-bond acceptors (Lipinski definition) is 2. The normalized spacial score (nSPS) is 12.6. The minimum atomic E-state index is -4.65. The lowest BCUT2D eigenvalue weighted by Gasteiger charge is -2.10. The summed E-state index contributed by atoms with van der Waals surface area (Å²) in [5, 5.41) is 3.18. The van der Waals surface area contributed by atoms with E-state index in [0.29, 0.717) is 0 Å². The standard InChI is InChI=1S/C14H18F3NO/c1-3-18-9-5-6-11(2)12-7-4-8-13(10-12)19-14(15,16)17/h4,6-8,10,18H,3,5,9H2,1-2H3. The predicted octanol–water partition coefficient (Wildman–Crippen LogP) is 3.99. The molecule has 0 saturated heterocycles. The van der Waals surface area contributed by atoms with Gasteiger partial charge in [0.25, 0.3) is 0 Å². The maximum absolute atomic E-state index is 12.1. The first-order chi connectivity index (χ1) is 8.92. The van der Waals surface area contributed by atoms with Gasteiger partial charge in [0.1, 0.15) is 5.75 Å². The zero-order chi connectivity index (χ0) is 14.3. The average molecular weight is 273 g/mol. The molecule has 2 nitrogen and oxygen atoms in total. The van der Waals surface area contributed by atoms with E-state index in [1.54, 1.807) is 12.1 Å². The summed E-state index contributed by atoms with van der Waals surface area (Å²) >= 11 is 0. The maximum Gasteiger partial charge on any atom is 0.573 e. The Bertz CT molecular complexity index is 427. The highest BCUT2D eigenvalue weighted by molar-refractivity contribution is 5.64. The number of benzene rings is 1. The van der Waals surface area contributed by atoms with Crippen LogP contribution >= 0.6 is 0 Å². The van der Waals surface area contributed by atoms with Crippen LogP contribution in [0.2, 0.25) is 0 Å². The molecular weight excluding hydrogens is 255 g/mol. The molecule has 106 valence electrons. The zero-order valence-corrected chi connectivity index (χ0v) is 11.1. The molecule has 0 unspecified atom stereocenters. The van der Waals surface area contributed by atoms with Crippen LogP contribution in [0, 0.1) is 0 Å². The van der Waals surface area contributed by atoms with Gasteiger partial charge in [-0.1, -0.05) is 25.1 Å². The third kappa shape index (κ3) is 6.29. The zero-order valence-electron chi connectivity index (χ0n) is 11.1. The van der Waals surface area contributed by atoms with E-state index in [0.717, 1.165) is 30.6 Å². The van der Waals surface area contributed by atoms with Gasteiger partial charge in [0.2, 0.25) is 0 Å². The lowest BCUT2D eigenvalue weighted by Crippen LogP contribution is -2.17. The van der Waals surface area contributed by atoms with Crippen molar-refractivity contribution < 1.29 is 17.9 Å². The van der Waals surface area contributed by atoms with Crippen LogP contribution in [0.5, 0.6) is 5.75 Å². The largest absolute Gasteiger partial charge is 0.573 e. The first-order valence-electron chi connectivity index (χ1n) is 6.16. The SMILES string of the molecule is CCNCCC=C(C)c1cccc(OC(F)(F)F)c1. The molecule has 0 radical (unpaired) electrons. The molecular formula is C14H18F3NO. The van der Waals surface area contributed by atoms with E-state index >= 15 is 0 Å². The summed E-state index contributed by atoms with van der Waals surface area (Å²) in [6.07, 6.45) is -1.82. The van der Waals surface area contributed by atoms with Crippen molar-refractivity contribution in [2.75, 3.05) is 13.1 Å². The highest BCUT2D eigenvalue weighted by atomic mass is 19.4. The van der Waals surface area contributed by atoms with E-state index < -0.39 is 6.36 Å². The molecule has 1 aromatic rings. The fourth-order valence-electron chi connectivity index (χ4n) is 1.62. The van der Waals surface area contributed by atoms with Crippen molar-refractivity contribution in [1.29, 1.82) is 0 Å². The minimum Gasteiger partial charge on any atom is -0.406 e. The maximum atomic E-state index is 12.1. The second kappa shape index (κ2) is 7.19. The molecule has 0 aliphatic rings. The van der Waals surface area contributed by atoms with E-state index in [1.165, 1.54) is 12.1 Å². The number of halogens is 3. The number of nitrogens with one attached hydrogen (secondary N) is 1. The molecule has 19 heavy (non-hydrogen) atoms. The smallest absolute Gasteiger partial charge is 0.406 e. The van der Waals surface area contributed by atoms with Crippen LogP contribution in [0.25, 0.3) is 5.57 Å². The van der Waals surface area contributed by atoms with E-state index in [4.69, 9.17) is 0 Å². The Morgan fingerprint density at radius 1 is 1.37 bits per heavy atom. The molecule has 0 bridgehead atoms. The predicted molar refractivity (Wildman–Crippen MR) is 69.9 cm³/mol. The molecule has 1 N–H and O–H groups in total. The first kappa shape index (κ1) is 15.6. The number of rotatable bonds is 6. The second-order valence-corrected chi connectivity index (χ2v) is 4.10. The van der Waals surface area contributed by atoms with Crippen molar-refractivity contribution in [3.63, 3.8) is 0 Å². The average Bonchev–Trinajstić information content (AvgIpc) is 2.32. The van der Waals surface area contributed by atoms with E-state index in [9.17, 15) is 13.2 Å². The lowest BCUT2D eigenvalue weighted by atomic mass is 10.1. The summed E-state index contributed by atoms with van der Waals surface area (Å²) < 4.78 is 40.2. The number of ether oxygens (including phenoxy) is 1. The topological polar surface area (TPSA) is 21.3 Å². The Morgan fingerprint density at radius 3 is 2.74 bits per heavy atom. The summed E-state index contributed by atoms with van der Waals surface area (Å²) in [4.78, 5) is 0. The van der Waals surface area contributed by atoms with Crippen LogP contribution in [0.4, 0.5) is 13.2 Å².